The molecule has 2 aromatic heterocycles. The highest BCUT2D eigenvalue weighted by molar-refractivity contribution is 6.35. The van der Waals surface area contributed by atoms with Crippen molar-refractivity contribution in [1.29, 1.82) is 0 Å². The van der Waals surface area contributed by atoms with E-state index in [0.717, 1.165) is 22.2 Å². The molecule has 0 atom stereocenters. The lowest BCUT2D eigenvalue weighted by Crippen LogP contribution is -2.09. The van der Waals surface area contributed by atoms with Crippen molar-refractivity contribution in [2.45, 2.75) is 38.7 Å². The average Bonchev–Trinajstić information content (AvgIpc) is 3.48. The van der Waals surface area contributed by atoms with E-state index in [9.17, 15) is 8.78 Å². The van der Waals surface area contributed by atoms with Crippen LogP contribution in [0.1, 0.15) is 41.1 Å². The van der Waals surface area contributed by atoms with Gasteiger partial charge in [-0.05, 0) is 55.2 Å². The minimum Gasteiger partial charge on any atom is -0.417 e. The van der Waals surface area contributed by atoms with E-state index in [1.165, 1.54) is 18.5 Å². The molecule has 4 aromatic rings. The van der Waals surface area contributed by atoms with Gasteiger partial charge in [0.25, 0.3) is 0 Å². The van der Waals surface area contributed by atoms with Gasteiger partial charge in [0.05, 0.1) is 16.2 Å². The fourth-order valence-corrected chi connectivity index (χ4v) is 4.21. The fourth-order valence-electron chi connectivity index (χ4n) is 3.99. The number of halogens is 3. The lowest BCUT2D eigenvalue weighted by molar-refractivity contribution is -0.0532. The van der Waals surface area contributed by atoms with Gasteiger partial charge in [-0.25, -0.2) is 9.67 Å². The molecule has 0 unspecified atom stereocenters. The third kappa shape index (κ3) is 3.88. The predicted molar refractivity (Wildman–Crippen MR) is 116 cm³/mol. The summed E-state index contributed by atoms with van der Waals surface area (Å²) in [5.74, 6) is 0.509. The molecule has 5 rings (SSSR count). The molecule has 4 nitrogen and oxygen atoms in total. The van der Waals surface area contributed by atoms with Crippen LogP contribution in [0.25, 0.3) is 16.6 Å². The maximum absolute atomic E-state index is 13.1. The van der Waals surface area contributed by atoms with E-state index in [-0.39, 0.29) is 5.88 Å². The van der Waals surface area contributed by atoms with Crippen LogP contribution in [0.5, 0.6) is 5.88 Å². The van der Waals surface area contributed by atoms with E-state index >= 15 is 0 Å². The van der Waals surface area contributed by atoms with E-state index in [2.05, 4.69) is 16.1 Å². The van der Waals surface area contributed by atoms with Crippen LogP contribution in [0.15, 0.2) is 54.7 Å². The molecule has 0 amide bonds. The number of pyridine rings is 1. The number of nitrogens with zero attached hydrogens (tertiary/aromatic N) is 3. The van der Waals surface area contributed by atoms with Gasteiger partial charge in [0, 0.05) is 35.2 Å². The third-order valence-electron chi connectivity index (χ3n) is 5.75. The van der Waals surface area contributed by atoms with Crippen LogP contribution in [0.2, 0.25) is 5.02 Å². The highest BCUT2D eigenvalue weighted by Gasteiger charge is 2.27. The Hall–Kier alpha value is -2.99. The zero-order chi connectivity index (χ0) is 21.5. The molecule has 0 radical (unpaired) electrons. The van der Waals surface area contributed by atoms with Gasteiger partial charge in [-0.3, -0.25) is 0 Å². The van der Waals surface area contributed by atoms with Gasteiger partial charge >= 0.3 is 6.61 Å². The first-order chi connectivity index (χ1) is 15.0. The van der Waals surface area contributed by atoms with Gasteiger partial charge in [-0.2, -0.15) is 13.9 Å². The molecular formula is C24H20ClF2N3O. The highest BCUT2D eigenvalue weighted by Crippen LogP contribution is 2.40. The summed E-state index contributed by atoms with van der Waals surface area (Å²) in [5, 5.41) is 5.68. The van der Waals surface area contributed by atoms with Crippen LogP contribution in [0.3, 0.4) is 0 Å². The summed E-state index contributed by atoms with van der Waals surface area (Å²) >= 11 is 6.24. The molecule has 31 heavy (non-hydrogen) atoms. The molecule has 7 heteroatoms. The number of benzene rings is 2. The largest absolute Gasteiger partial charge is 0.417 e. The Morgan fingerprint density at radius 2 is 1.90 bits per heavy atom. The monoisotopic (exact) mass is 439 g/mol. The standard InChI is InChI=1S/C24H20ClF2N3O/c1-14-18-3-2-4-20(25)22(18)29-23(31-24(26)27)19(14)13-15-5-9-17(10-6-15)30-21(11-12-28-30)16-7-8-16/h2-6,9-12,16,24H,7-8,13H2,1H3. The SMILES string of the molecule is Cc1c(Cc2ccc(-n3nccc3C3CC3)cc2)c(OC(F)F)nc2c(Cl)cccc12. The Labute approximate surface area is 183 Å². The van der Waals surface area contributed by atoms with Gasteiger partial charge in [0.1, 0.15) is 0 Å². The van der Waals surface area contributed by atoms with Crippen molar-refractivity contribution in [1.82, 2.24) is 14.8 Å². The predicted octanol–water partition coefficient (Wildman–Crippen LogP) is 6.45. The second kappa shape index (κ2) is 7.93. The Kier molecular flexibility index (Phi) is 5.10. The Balaban J connectivity index is 1.50. The molecule has 0 spiro atoms. The van der Waals surface area contributed by atoms with Crippen molar-refractivity contribution in [3.8, 4) is 11.6 Å². The maximum atomic E-state index is 13.1. The normalized spacial score (nSPS) is 13.8. The van der Waals surface area contributed by atoms with Crippen molar-refractivity contribution in [2.75, 3.05) is 0 Å². The molecule has 0 saturated heterocycles. The van der Waals surface area contributed by atoms with Crippen LogP contribution in [0.4, 0.5) is 8.78 Å². The summed E-state index contributed by atoms with van der Waals surface area (Å²) in [5.41, 5.74) is 5.10. The first kappa shape index (κ1) is 19.9. The fraction of sp³-hybridized carbons (Fsp3) is 0.250. The Morgan fingerprint density at radius 3 is 2.61 bits per heavy atom. The zero-order valence-electron chi connectivity index (χ0n) is 16.9. The van der Waals surface area contributed by atoms with Gasteiger partial charge in [-0.15, -0.1) is 0 Å². The smallest absolute Gasteiger partial charge is 0.388 e. The highest BCUT2D eigenvalue weighted by atomic mass is 35.5. The van der Waals surface area contributed by atoms with Crippen LogP contribution < -0.4 is 4.74 Å². The van der Waals surface area contributed by atoms with E-state index in [1.807, 2.05) is 54.2 Å². The van der Waals surface area contributed by atoms with Gasteiger partial charge in [0.15, 0.2) is 0 Å². The molecule has 2 aromatic carbocycles. The molecule has 158 valence electrons. The number of para-hydroxylation sites is 1. The minimum atomic E-state index is -2.96. The summed E-state index contributed by atoms with van der Waals surface area (Å²) in [4.78, 5) is 4.32. The van der Waals surface area contributed by atoms with Crippen molar-refractivity contribution >= 4 is 22.5 Å². The van der Waals surface area contributed by atoms with E-state index in [0.29, 0.717) is 28.4 Å². The number of alkyl halides is 2. The third-order valence-corrected chi connectivity index (χ3v) is 6.05. The van der Waals surface area contributed by atoms with Gasteiger partial charge in [-0.1, -0.05) is 35.9 Å². The molecule has 1 saturated carbocycles. The molecule has 0 aliphatic heterocycles. The topological polar surface area (TPSA) is 39.9 Å². The summed E-state index contributed by atoms with van der Waals surface area (Å²) in [6, 6.07) is 15.4. The second-order valence-corrected chi connectivity index (χ2v) is 8.23. The number of hydrogen-bond donors (Lipinski definition) is 0. The molecule has 2 heterocycles. The lowest BCUT2D eigenvalue weighted by Gasteiger charge is -2.16. The number of aryl methyl sites for hydroxylation is 1. The summed E-state index contributed by atoms with van der Waals surface area (Å²) in [6.07, 6.45) is 4.65. The Morgan fingerprint density at radius 1 is 1.13 bits per heavy atom. The van der Waals surface area contributed by atoms with Crippen molar-refractivity contribution in [3.05, 3.63) is 82.1 Å². The molecule has 1 aliphatic carbocycles. The van der Waals surface area contributed by atoms with Crippen LogP contribution >= 0.6 is 11.6 Å². The van der Waals surface area contributed by atoms with E-state index < -0.39 is 6.61 Å². The summed E-state index contributed by atoms with van der Waals surface area (Å²) in [6.45, 7) is -1.08. The van der Waals surface area contributed by atoms with Crippen molar-refractivity contribution in [2.24, 2.45) is 0 Å². The number of aromatic nitrogens is 3. The van der Waals surface area contributed by atoms with Crippen molar-refractivity contribution in [3.63, 3.8) is 0 Å². The Bertz CT molecular complexity index is 1250. The molecule has 0 bridgehead atoms. The van der Waals surface area contributed by atoms with Crippen LogP contribution in [-0.2, 0) is 6.42 Å². The zero-order valence-corrected chi connectivity index (χ0v) is 17.6. The van der Waals surface area contributed by atoms with E-state index in [1.54, 1.807) is 6.07 Å². The number of rotatable bonds is 6. The first-order valence-electron chi connectivity index (χ1n) is 10.2. The molecule has 1 aliphatic rings. The second-order valence-electron chi connectivity index (χ2n) is 7.82. The summed E-state index contributed by atoms with van der Waals surface area (Å²) < 4.78 is 32.9. The first-order valence-corrected chi connectivity index (χ1v) is 10.5. The average molecular weight is 440 g/mol. The van der Waals surface area contributed by atoms with Gasteiger partial charge < -0.3 is 4.74 Å². The minimum absolute atomic E-state index is 0.0831. The number of ether oxygens (including phenoxy) is 1. The van der Waals surface area contributed by atoms with Gasteiger partial charge in [0.2, 0.25) is 5.88 Å². The van der Waals surface area contributed by atoms with Crippen LogP contribution in [0, 0.1) is 6.92 Å². The summed E-state index contributed by atoms with van der Waals surface area (Å²) in [7, 11) is 0. The molecule has 1 fully saturated rings. The molecule has 0 N–H and O–H groups in total. The lowest BCUT2D eigenvalue weighted by atomic mass is 9.98. The quantitative estimate of drug-likeness (QED) is 0.346. The van der Waals surface area contributed by atoms with Crippen LogP contribution in [-0.4, -0.2) is 21.4 Å². The number of fused-ring (bicyclic) bond motifs is 1. The molecular weight excluding hydrogens is 420 g/mol. The van der Waals surface area contributed by atoms with Crippen molar-refractivity contribution < 1.29 is 13.5 Å². The maximum Gasteiger partial charge on any atom is 0.388 e. The number of hydrogen-bond acceptors (Lipinski definition) is 3. The van der Waals surface area contributed by atoms with E-state index in [4.69, 9.17) is 16.3 Å².